The van der Waals surface area contributed by atoms with Crippen LogP contribution >= 0.6 is 12.2 Å². The van der Waals surface area contributed by atoms with Crippen LogP contribution in [0.15, 0.2) is 48.5 Å². The Balaban J connectivity index is 1.69. The maximum Gasteiger partial charge on any atom is 0.337 e. The van der Waals surface area contributed by atoms with Gasteiger partial charge in [-0.05, 0) is 61.8 Å². The van der Waals surface area contributed by atoms with Crippen molar-refractivity contribution in [2.75, 3.05) is 25.5 Å². The molecular formula is C22H23N3O4S. The van der Waals surface area contributed by atoms with E-state index in [-0.39, 0.29) is 22.1 Å². The van der Waals surface area contributed by atoms with Gasteiger partial charge in [0.25, 0.3) is 11.8 Å². The van der Waals surface area contributed by atoms with Gasteiger partial charge in [0, 0.05) is 18.7 Å². The first-order valence-corrected chi connectivity index (χ1v) is 10.1. The Kier molecular flexibility index (Phi) is 7.13. The number of thiocarbonyl (C=S) groups is 1. The zero-order chi connectivity index (χ0) is 21.5. The third kappa shape index (κ3) is 5.21. The second-order valence-electron chi connectivity index (χ2n) is 6.88. The van der Waals surface area contributed by atoms with Crippen LogP contribution in [0.3, 0.4) is 0 Å². The quantitative estimate of drug-likeness (QED) is 0.578. The first-order chi connectivity index (χ1) is 14.5. The first kappa shape index (κ1) is 21.4. The highest BCUT2D eigenvalue weighted by atomic mass is 32.1. The fraction of sp³-hybridized carbons (Fsp3) is 0.273. The Morgan fingerprint density at radius 3 is 2.40 bits per heavy atom. The minimum atomic E-state index is -0.532. The maximum absolute atomic E-state index is 12.9. The van der Waals surface area contributed by atoms with Gasteiger partial charge in [-0.2, -0.15) is 0 Å². The van der Waals surface area contributed by atoms with Crippen LogP contribution in [0.5, 0.6) is 0 Å². The van der Waals surface area contributed by atoms with Crippen molar-refractivity contribution in [3.63, 3.8) is 0 Å². The molecule has 1 fully saturated rings. The molecule has 1 saturated heterocycles. The van der Waals surface area contributed by atoms with E-state index in [0.29, 0.717) is 11.3 Å². The van der Waals surface area contributed by atoms with Crippen molar-refractivity contribution in [3.8, 4) is 0 Å². The molecule has 2 aromatic rings. The molecule has 30 heavy (non-hydrogen) atoms. The molecule has 1 aliphatic rings. The van der Waals surface area contributed by atoms with Crippen molar-refractivity contribution in [2.45, 2.75) is 19.3 Å². The maximum atomic E-state index is 12.9. The molecule has 0 aromatic heterocycles. The Labute approximate surface area is 180 Å². The highest BCUT2D eigenvalue weighted by molar-refractivity contribution is 7.80. The summed E-state index contributed by atoms with van der Waals surface area (Å²) >= 11 is 5.26. The summed E-state index contributed by atoms with van der Waals surface area (Å²) in [6, 6.07) is 13.2. The van der Waals surface area contributed by atoms with E-state index >= 15 is 0 Å². The van der Waals surface area contributed by atoms with Crippen LogP contribution in [0.25, 0.3) is 0 Å². The molecule has 156 valence electrons. The highest BCUT2D eigenvalue weighted by Crippen LogP contribution is 2.20. The van der Waals surface area contributed by atoms with Crippen LogP contribution in [-0.2, 0) is 4.74 Å². The van der Waals surface area contributed by atoms with Gasteiger partial charge in [0.1, 0.15) is 0 Å². The predicted molar refractivity (Wildman–Crippen MR) is 118 cm³/mol. The van der Waals surface area contributed by atoms with Crippen LogP contribution in [-0.4, -0.2) is 48.0 Å². The molecule has 0 spiro atoms. The highest BCUT2D eigenvalue weighted by Gasteiger charge is 2.21. The van der Waals surface area contributed by atoms with E-state index in [2.05, 4.69) is 15.4 Å². The van der Waals surface area contributed by atoms with Crippen LogP contribution in [0.4, 0.5) is 5.69 Å². The fourth-order valence-electron chi connectivity index (χ4n) is 3.28. The number of nitrogens with one attached hydrogen (secondary N) is 2. The summed E-state index contributed by atoms with van der Waals surface area (Å²) in [5.74, 6) is -1.06. The first-order valence-electron chi connectivity index (χ1n) is 9.68. The molecule has 0 saturated carbocycles. The van der Waals surface area contributed by atoms with Gasteiger partial charge < -0.3 is 15.0 Å². The van der Waals surface area contributed by atoms with Gasteiger partial charge in [0.15, 0.2) is 5.11 Å². The lowest BCUT2D eigenvalue weighted by molar-refractivity contribution is 0.0600. The molecule has 1 aliphatic heterocycles. The van der Waals surface area contributed by atoms with E-state index in [0.717, 1.165) is 32.4 Å². The summed E-state index contributed by atoms with van der Waals surface area (Å²) in [7, 11) is 1.27. The third-order valence-electron chi connectivity index (χ3n) is 4.82. The molecule has 3 rings (SSSR count). The fourth-order valence-corrected chi connectivity index (χ4v) is 3.48. The lowest BCUT2D eigenvalue weighted by atomic mass is 10.1. The summed E-state index contributed by atoms with van der Waals surface area (Å²) in [4.78, 5) is 38.9. The Hall–Kier alpha value is -3.26. The van der Waals surface area contributed by atoms with E-state index in [1.165, 1.54) is 13.2 Å². The number of hydrogen-bond donors (Lipinski definition) is 2. The van der Waals surface area contributed by atoms with Gasteiger partial charge >= 0.3 is 5.97 Å². The standard InChI is InChI=1S/C22H23N3O4S/c1-29-21(28)16-9-7-8-15(14-16)19(26)24-22(30)23-18-11-4-3-10-17(18)20(27)25-12-5-2-6-13-25/h3-4,7-11,14H,2,5-6,12-13H2,1H3,(H2,23,24,26,30). The third-order valence-corrected chi connectivity index (χ3v) is 5.03. The molecular weight excluding hydrogens is 402 g/mol. The van der Waals surface area contributed by atoms with E-state index < -0.39 is 11.9 Å². The number of esters is 1. The summed E-state index contributed by atoms with van der Waals surface area (Å²) in [5, 5.41) is 5.58. The van der Waals surface area contributed by atoms with Gasteiger partial charge in [-0.1, -0.05) is 18.2 Å². The zero-order valence-electron chi connectivity index (χ0n) is 16.6. The predicted octanol–water partition coefficient (Wildman–Crippen LogP) is 3.23. The topological polar surface area (TPSA) is 87.7 Å². The van der Waals surface area contributed by atoms with Gasteiger partial charge in [0.05, 0.1) is 23.9 Å². The van der Waals surface area contributed by atoms with Crippen molar-refractivity contribution in [1.29, 1.82) is 0 Å². The number of likely N-dealkylation sites (tertiary alicyclic amines) is 1. The molecule has 0 aliphatic carbocycles. The number of hydrogen-bond acceptors (Lipinski definition) is 5. The van der Waals surface area contributed by atoms with E-state index in [4.69, 9.17) is 12.2 Å². The summed E-state index contributed by atoms with van der Waals surface area (Å²) < 4.78 is 4.67. The number of para-hydroxylation sites is 1. The molecule has 1 heterocycles. The van der Waals surface area contributed by atoms with Gasteiger partial charge in [0.2, 0.25) is 0 Å². The molecule has 2 aromatic carbocycles. The number of benzene rings is 2. The van der Waals surface area contributed by atoms with Crippen molar-refractivity contribution in [1.82, 2.24) is 10.2 Å². The number of piperidine rings is 1. The molecule has 2 N–H and O–H groups in total. The Bertz CT molecular complexity index is 970. The summed E-state index contributed by atoms with van der Waals surface area (Å²) in [5.41, 5.74) is 1.56. The van der Waals surface area contributed by atoms with E-state index in [1.807, 2.05) is 4.90 Å². The van der Waals surface area contributed by atoms with Crippen LogP contribution in [0.2, 0.25) is 0 Å². The van der Waals surface area contributed by atoms with Crippen LogP contribution in [0.1, 0.15) is 50.3 Å². The SMILES string of the molecule is COC(=O)c1cccc(C(=O)NC(=S)Nc2ccccc2C(=O)N2CCCCC2)c1. The largest absolute Gasteiger partial charge is 0.465 e. The van der Waals surface area contributed by atoms with Gasteiger partial charge in [-0.3, -0.25) is 14.9 Å². The second-order valence-corrected chi connectivity index (χ2v) is 7.29. The number of nitrogens with zero attached hydrogens (tertiary/aromatic N) is 1. The minimum Gasteiger partial charge on any atom is -0.465 e. The normalized spacial score (nSPS) is 13.3. The van der Waals surface area contributed by atoms with Crippen molar-refractivity contribution >= 4 is 40.8 Å². The molecule has 0 bridgehead atoms. The second kappa shape index (κ2) is 9.98. The van der Waals surface area contributed by atoms with E-state index in [1.54, 1.807) is 42.5 Å². The van der Waals surface area contributed by atoms with Crippen molar-refractivity contribution in [3.05, 3.63) is 65.2 Å². The molecule has 7 nitrogen and oxygen atoms in total. The number of rotatable bonds is 4. The minimum absolute atomic E-state index is 0.0577. The van der Waals surface area contributed by atoms with E-state index in [9.17, 15) is 14.4 Å². The number of ether oxygens (including phenoxy) is 1. The number of carbonyl (C=O) groups is 3. The molecule has 8 heteroatoms. The molecule has 0 unspecified atom stereocenters. The Morgan fingerprint density at radius 2 is 1.67 bits per heavy atom. The van der Waals surface area contributed by atoms with Crippen molar-refractivity contribution in [2.24, 2.45) is 0 Å². The van der Waals surface area contributed by atoms with Crippen molar-refractivity contribution < 1.29 is 19.1 Å². The molecule has 0 radical (unpaired) electrons. The average molecular weight is 426 g/mol. The number of methoxy groups -OCH3 is 1. The monoisotopic (exact) mass is 425 g/mol. The molecule has 0 atom stereocenters. The van der Waals surface area contributed by atoms with Crippen LogP contribution in [0, 0.1) is 0 Å². The smallest absolute Gasteiger partial charge is 0.337 e. The number of anilines is 1. The Morgan fingerprint density at radius 1 is 0.967 bits per heavy atom. The lowest BCUT2D eigenvalue weighted by Crippen LogP contribution is -2.37. The van der Waals surface area contributed by atoms with Gasteiger partial charge in [-0.15, -0.1) is 0 Å². The van der Waals surface area contributed by atoms with Crippen LogP contribution < -0.4 is 10.6 Å². The summed E-state index contributed by atoms with van der Waals surface area (Å²) in [6.07, 6.45) is 3.14. The summed E-state index contributed by atoms with van der Waals surface area (Å²) in [6.45, 7) is 1.48. The van der Waals surface area contributed by atoms with Gasteiger partial charge in [-0.25, -0.2) is 4.79 Å². The average Bonchev–Trinajstić information content (AvgIpc) is 2.79. The number of amides is 2. The zero-order valence-corrected chi connectivity index (χ0v) is 17.5. The molecule has 2 amide bonds. The lowest BCUT2D eigenvalue weighted by Gasteiger charge is -2.27. The number of carbonyl (C=O) groups excluding carboxylic acids is 3.